The van der Waals surface area contributed by atoms with Crippen LogP contribution in [0.3, 0.4) is 0 Å². The number of fused-ring (bicyclic) bond motifs is 1. The Morgan fingerprint density at radius 3 is 2.35 bits per heavy atom. The SMILES string of the molecule is CCOc1ccc(CN(CCc2c[nH]c3ccc(OC)cc23)C(=O)Nc2ccc(C(F)(F)F)cc2)cc1. The molecule has 37 heavy (non-hydrogen) atoms. The van der Waals surface area contributed by atoms with Crippen molar-refractivity contribution in [1.29, 1.82) is 0 Å². The molecule has 0 bridgehead atoms. The van der Waals surface area contributed by atoms with Crippen molar-refractivity contribution in [1.82, 2.24) is 9.88 Å². The molecular formula is C28H28F3N3O3. The third kappa shape index (κ3) is 6.55. The highest BCUT2D eigenvalue weighted by molar-refractivity contribution is 5.89. The number of methoxy groups -OCH3 is 1. The van der Waals surface area contributed by atoms with Gasteiger partial charge >= 0.3 is 12.2 Å². The van der Waals surface area contributed by atoms with E-state index in [2.05, 4.69) is 10.3 Å². The van der Waals surface area contributed by atoms with Gasteiger partial charge in [0.15, 0.2) is 0 Å². The smallest absolute Gasteiger partial charge is 0.416 e. The Bertz CT molecular complexity index is 1330. The fraction of sp³-hybridized carbons (Fsp3) is 0.250. The van der Waals surface area contributed by atoms with Gasteiger partial charge in [-0.2, -0.15) is 13.2 Å². The first-order chi connectivity index (χ1) is 17.8. The zero-order valence-electron chi connectivity index (χ0n) is 20.6. The van der Waals surface area contributed by atoms with Crippen LogP contribution in [0.5, 0.6) is 11.5 Å². The molecule has 0 aliphatic carbocycles. The number of aromatic amines is 1. The van der Waals surface area contributed by atoms with Gasteiger partial charge in [-0.15, -0.1) is 0 Å². The number of urea groups is 1. The first-order valence-electron chi connectivity index (χ1n) is 11.9. The molecule has 0 fully saturated rings. The summed E-state index contributed by atoms with van der Waals surface area (Å²) >= 11 is 0. The van der Waals surface area contributed by atoms with Gasteiger partial charge in [0.25, 0.3) is 0 Å². The highest BCUT2D eigenvalue weighted by Crippen LogP contribution is 2.30. The van der Waals surface area contributed by atoms with Gasteiger partial charge in [0.2, 0.25) is 0 Å². The summed E-state index contributed by atoms with van der Waals surface area (Å²) in [5.41, 5.74) is 2.39. The molecule has 6 nitrogen and oxygen atoms in total. The van der Waals surface area contributed by atoms with Gasteiger partial charge in [-0.05, 0) is 79.1 Å². The number of alkyl halides is 3. The molecule has 194 valence electrons. The molecule has 0 aliphatic rings. The second-order valence-corrected chi connectivity index (χ2v) is 8.48. The van der Waals surface area contributed by atoms with Gasteiger partial charge < -0.3 is 24.7 Å². The predicted molar refractivity (Wildman–Crippen MR) is 137 cm³/mol. The van der Waals surface area contributed by atoms with Crippen molar-refractivity contribution in [2.45, 2.75) is 26.1 Å². The van der Waals surface area contributed by atoms with Crippen LogP contribution in [-0.4, -0.2) is 36.2 Å². The Hall–Kier alpha value is -4.14. The summed E-state index contributed by atoms with van der Waals surface area (Å²) in [6, 6.07) is 17.2. The number of hydrogen-bond acceptors (Lipinski definition) is 3. The molecular weight excluding hydrogens is 483 g/mol. The van der Waals surface area contributed by atoms with Crippen molar-refractivity contribution >= 4 is 22.6 Å². The van der Waals surface area contributed by atoms with Gasteiger partial charge in [-0.3, -0.25) is 0 Å². The average Bonchev–Trinajstić information content (AvgIpc) is 3.29. The topological polar surface area (TPSA) is 66.6 Å². The number of ether oxygens (including phenoxy) is 2. The van der Waals surface area contributed by atoms with Crippen LogP contribution in [0.4, 0.5) is 23.7 Å². The molecule has 2 amide bonds. The molecule has 0 spiro atoms. The number of nitrogens with zero attached hydrogens (tertiary/aromatic N) is 1. The van der Waals surface area contributed by atoms with Crippen LogP contribution >= 0.6 is 0 Å². The third-order valence-corrected chi connectivity index (χ3v) is 5.98. The van der Waals surface area contributed by atoms with Crippen LogP contribution in [0.2, 0.25) is 0 Å². The van der Waals surface area contributed by atoms with E-state index in [9.17, 15) is 18.0 Å². The number of amides is 2. The maximum absolute atomic E-state index is 13.2. The van der Waals surface area contributed by atoms with E-state index in [4.69, 9.17) is 9.47 Å². The zero-order chi connectivity index (χ0) is 26.4. The summed E-state index contributed by atoms with van der Waals surface area (Å²) in [5, 5.41) is 3.73. The fourth-order valence-electron chi connectivity index (χ4n) is 4.02. The number of hydrogen-bond donors (Lipinski definition) is 2. The summed E-state index contributed by atoms with van der Waals surface area (Å²) in [4.78, 5) is 18.1. The highest BCUT2D eigenvalue weighted by atomic mass is 19.4. The van der Waals surface area contributed by atoms with Gasteiger partial charge in [0, 0.05) is 35.9 Å². The Labute approximate surface area is 213 Å². The number of nitrogens with one attached hydrogen (secondary N) is 2. The van der Waals surface area contributed by atoms with Crippen molar-refractivity contribution < 1.29 is 27.4 Å². The van der Waals surface area contributed by atoms with Gasteiger partial charge in [0.05, 0.1) is 19.3 Å². The van der Waals surface area contributed by atoms with Crippen LogP contribution in [0.15, 0.2) is 72.9 Å². The number of aromatic nitrogens is 1. The fourth-order valence-corrected chi connectivity index (χ4v) is 4.02. The molecule has 9 heteroatoms. The summed E-state index contributed by atoms with van der Waals surface area (Å²) in [5.74, 6) is 1.47. The molecule has 0 radical (unpaired) electrons. The second kappa shape index (κ2) is 11.3. The van der Waals surface area contributed by atoms with E-state index in [1.54, 1.807) is 12.0 Å². The lowest BCUT2D eigenvalue weighted by Gasteiger charge is -2.23. The quantitative estimate of drug-likeness (QED) is 0.258. The van der Waals surface area contributed by atoms with Crippen LogP contribution in [-0.2, 0) is 19.1 Å². The van der Waals surface area contributed by atoms with E-state index < -0.39 is 17.8 Å². The maximum Gasteiger partial charge on any atom is 0.416 e. The van der Waals surface area contributed by atoms with Crippen LogP contribution < -0.4 is 14.8 Å². The lowest BCUT2D eigenvalue weighted by Crippen LogP contribution is -2.36. The highest BCUT2D eigenvalue weighted by Gasteiger charge is 2.30. The standard InChI is InChI=1S/C28H28F3N3O3/c1-3-37-23-10-4-19(5-11-23)18-34(27(35)33-22-8-6-21(7-9-22)28(29,30)31)15-14-20-17-32-26-13-12-24(36-2)16-25(20)26/h4-13,16-17,32H,3,14-15,18H2,1-2H3,(H,33,35). The van der Waals surface area contributed by atoms with Crippen LogP contribution in [0, 0.1) is 0 Å². The van der Waals surface area contributed by atoms with Gasteiger partial charge in [-0.25, -0.2) is 4.79 Å². The van der Waals surface area contributed by atoms with E-state index >= 15 is 0 Å². The van der Waals surface area contributed by atoms with E-state index in [0.717, 1.165) is 45.7 Å². The summed E-state index contributed by atoms with van der Waals surface area (Å²) in [6.07, 6.45) is -1.97. The first kappa shape index (κ1) is 25.9. The summed E-state index contributed by atoms with van der Waals surface area (Å²) in [6.45, 7) is 3.15. The maximum atomic E-state index is 13.2. The normalized spacial score (nSPS) is 11.4. The van der Waals surface area contributed by atoms with Crippen molar-refractivity contribution in [2.24, 2.45) is 0 Å². The van der Waals surface area contributed by atoms with Crippen molar-refractivity contribution in [3.63, 3.8) is 0 Å². The number of anilines is 1. The molecule has 1 aromatic heterocycles. The van der Waals surface area contributed by atoms with E-state index in [1.165, 1.54) is 12.1 Å². The zero-order valence-corrected chi connectivity index (χ0v) is 20.6. The molecule has 1 heterocycles. The Morgan fingerprint density at radius 1 is 1.00 bits per heavy atom. The minimum atomic E-state index is -4.44. The van der Waals surface area contributed by atoms with Crippen LogP contribution in [0.1, 0.15) is 23.6 Å². The van der Waals surface area contributed by atoms with E-state index in [1.807, 2.05) is 55.6 Å². The summed E-state index contributed by atoms with van der Waals surface area (Å²) in [7, 11) is 1.61. The number of halogens is 3. The molecule has 2 N–H and O–H groups in total. The number of carbonyl (C=O) groups is 1. The first-order valence-corrected chi connectivity index (χ1v) is 11.9. The second-order valence-electron chi connectivity index (χ2n) is 8.48. The molecule has 0 atom stereocenters. The largest absolute Gasteiger partial charge is 0.497 e. The number of rotatable bonds is 9. The lowest BCUT2D eigenvalue weighted by atomic mass is 10.1. The Morgan fingerprint density at radius 2 is 1.70 bits per heavy atom. The van der Waals surface area contributed by atoms with Crippen molar-refractivity contribution in [2.75, 3.05) is 25.6 Å². The number of benzene rings is 3. The minimum Gasteiger partial charge on any atom is -0.497 e. The van der Waals surface area contributed by atoms with Crippen molar-refractivity contribution in [3.8, 4) is 11.5 Å². The molecule has 0 saturated heterocycles. The van der Waals surface area contributed by atoms with Gasteiger partial charge in [0.1, 0.15) is 11.5 Å². The average molecular weight is 512 g/mol. The van der Waals surface area contributed by atoms with Crippen molar-refractivity contribution in [3.05, 3.63) is 89.6 Å². The lowest BCUT2D eigenvalue weighted by molar-refractivity contribution is -0.137. The van der Waals surface area contributed by atoms with Gasteiger partial charge in [-0.1, -0.05) is 12.1 Å². The monoisotopic (exact) mass is 511 g/mol. The summed E-state index contributed by atoms with van der Waals surface area (Å²) < 4.78 is 49.6. The molecule has 0 saturated carbocycles. The Balaban J connectivity index is 1.52. The van der Waals surface area contributed by atoms with E-state index in [-0.39, 0.29) is 5.69 Å². The molecule has 4 aromatic rings. The molecule has 0 unspecified atom stereocenters. The molecule has 0 aliphatic heterocycles. The van der Waals surface area contributed by atoms with E-state index in [0.29, 0.717) is 26.1 Å². The molecule has 3 aromatic carbocycles. The third-order valence-electron chi connectivity index (χ3n) is 5.98. The number of H-pyrrole nitrogens is 1. The Kier molecular flexibility index (Phi) is 7.91. The van der Waals surface area contributed by atoms with Crippen LogP contribution in [0.25, 0.3) is 10.9 Å². The molecule has 4 rings (SSSR count). The minimum absolute atomic E-state index is 0.284. The predicted octanol–water partition coefficient (Wildman–Crippen LogP) is 6.87. The number of carbonyl (C=O) groups excluding carboxylic acids is 1.